The van der Waals surface area contributed by atoms with Crippen LogP contribution in [0.2, 0.25) is 0 Å². The number of ether oxygens (including phenoxy) is 1. The lowest BCUT2D eigenvalue weighted by atomic mass is 9.81. The van der Waals surface area contributed by atoms with Gasteiger partial charge in [0.05, 0.1) is 17.2 Å². The molecule has 5 aliphatic rings. The maximum atomic E-state index is 12.5. The number of benzene rings is 3. The quantitative estimate of drug-likeness (QED) is 0.347. The Balaban J connectivity index is 1.54. The van der Waals surface area contributed by atoms with Crippen molar-refractivity contribution >= 4 is 17.2 Å². The summed E-state index contributed by atoms with van der Waals surface area (Å²) in [6, 6.07) is 11.6. The van der Waals surface area contributed by atoms with Gasteiger partial charge in [0.1, 0.15) is 24.1 Å². The Morgan fingerprint density at radius 1 is 0.949 bits per heavy atom. The monoisotopic (exact) mass is 523 g/mol. The van der Waals surface area contributed by atoms with Gasteiger partial charge in [-0.1, -0.05) is 18.2 Å². The van der Waals surface area contributed by atoms with Gasteiger partial charge in [0, 0.05) is 65.5 Å². The Morgan fingerprint density at radius 3 is 2.64 bits per heavy atom. The molecule has 5 aliphatic heterocycles. The smallest absolute Gasteiger partial charge is 0.336 e. The number of nitrogens with zero attached hydrogens (tertiary/aromatic N) is 2. The first kappa shape index (κ1) is 23.2. The van der Waals surface area contributed by atoms with Crippen LogP contribution in [0.3, 0.4) is 0 Å². The predicted molar refractivity (Wildman–Crippen MR) is 146 cm³/mol. The number of hydrogen-bond acceptors (Lipinski definition) is 5. The molecule has 0 fully saturated rings. The van der Waals surface area contributed by atoms with Crippen molar-refractivity contribution in [3.63, 3.8) is 0 Å². The number of carbonyl (C=O) groups is 1. The number of hydrogen-bond donors (Lipinski definition) is 3. The van der Waals surface area contributed by atoms with Crippen molar-refractivity contribution in [3.8, 4) is 11.5 Å². The number of aliphatic hydroxyl groups excluding tert-OH is 2. The number of carboxylic acid groups (broad SMARTS) is 1. The highest BCUT2D eigenvalue weighted by atomic mass is 16.5. The normalized spacial score (nSPS) is 22.4. The first-order valence-corrected chi connectivity index (χ1v) is 14.1. The molecule has 8 rings (SSSR count). The average Bonchev–Trinajstić information content (AvgIpc) is 2.92. The summed E-state index contributed by atoms with van der Waals surface area (Å²) in [5.41, 5.74) is 8.36. The molecule has 0 aliphatic carbocycles. The molecule has 3 aromatic carbocycles. The van der Waals surface area contributed by atoms with Crippen molar-refractivity contribution in [2.45, 2.75) is 50.7 Å². The molecule has 0 amide bonds. The second kappa shape index (κ2) is 8.41. The molecule has 0 spiro atoms. The van der Waals surface area contributed by atoms with E-state index in [-0.39, 0.29) is 5.56 Å². The van der Waals surface area contributed by atoms with Crippen molar-refractivity contribution in [2.75, 3.05) is 31.1 Å². The molecule has 3 N–H and O–H groups in total. The molecule has 0 aromatic heterocycles. The minimum atomic E-state index is -0.963. The lowest BCUT2D eigenvalue weighted by Crippen LogP contribution is -2.50. The number of fused-ring (bicyclic) bond motifs is 4. The standard InChI is InChI=1S/C32H30N2O5/c35-19-13-25-28-17(5-3-9-33(28)15-19)11-23-27(21-7-1-2-8-22(21)32(37)38)24-12-18-6-4-10-34-16-20(36)14-26(29(18)34)31(24)39-30(23)25/h1-2,7-8,11-12,19-20,35-36H,3-6,9-10,13-16H2/p+1/t19-,20-/m1/s1. The van der Waals surface area contributed by atoms with Crippen LogP contribution < -0.4 is 24.8 Å². The van der Waals surface area contributed by atoms with Gasteiger partial charge in [0.15, 0.2) is 6.54 Å². The lowest BCUT2D eigenvalue weighted by Gasteiger charge is -2.41. The van der Waals surface area contributed by atoms with Gasteiger partial charge in [-0.05, 0) is 48.6 Å². The van der Waals surface area contributed by atoms with Crippen molar-refractivity contribution in [1.82, 2.24) is 4.58 Å². The minimum absolute atomic E-state index is 0.257. The average molecular weight is 524 g/mol. The first-order valence-electron chi connectivity index (χ1n) is 14.1. The fourth-order valence-corrected chi connectivity index (χ4v) is 7.74. The molecule has 7 nitrogen and oxygen atoms in total. The van der Waals surface area contributed by atoms with Crippen molar-refractivity contribution in [2.24, 2.45) is 0 Å². The summed E-state index contributed by atoms with van der Waals surface area (Å²) in [5.74, 6) is 0.482. The Morgan fingerprint density at radius 2 is 1.77 bits per heavy atom. The number of aromatic carboxylic acids is 1. The summed E-state index contributed by atoms with van der Waals surface area (Å²) in [5, 5.41) is 34.1. The van der Waals surface area contributed by atoms with Crippen LogP contribution in [0.5, 0.6) is 11.5 Å². The van der Waals surface area contributed by atoms with Crippen molar-refractivity contribution < 1.29 is 24.9 Å². The van der Waals surface area contributed by atoms with E-state index in [0.717, 1.165) is 77.8 Å². The van der Waals surface area contributed by atoms with Gasteiger partial charge in [0.25, 0.3) is 0 Å². The van der Waals surface area contributed by atoms with Gasteiger partial charge in [-0.25, -0.2) is 9.37 Å². The van der Waals surface area contributed by atoms with E-state index in [1.54, 1.807) is 12.1 Å². The molecule has 0 saturated carbocycles. The summed E-state index contributed by atoms with van der Waals surface area (Å²) in [7, 11) is 0. The molecule has 3 aromatic rings. The Labute approximate surface area is 225 Å². The molecule has 0 unspecified atom stereocenters. The SMILES string of the molecule is O=C(O)c1ccccc1C1=c2cc3c4c(c2Oc2c1cc1c5c2C[C@@H](O)CN5CCC1)C[C@@H](O)C[N+]=4CCC3. The highest BCUT2D eigenvalue weighted by Gasteiger charge is 2.38. The fourth-order valence-electron chi connectivity index (χ4n) is 7.74. The Kier molecular flexibility index (Phi) is 5.01. The summed E-state index contributed by atoms with van der Waals surface area (Å²) < 4.78 is 9.21. The number of aryl methyl sites for hydroxylation is 2. The molecule has 2 atom stereocenters. The van der Waals surface area contributed by atoms with Gasteiger partial charge in [0.2, 0.25) is 5.36 Å². The zero-order valence-electron chi connectivity index (χ0n) is 21.7. The zero-order valence-corrected chi connectivity index (χ0v) is 21.7. The first-order chi connectivity index (χ1) is 19.0. The summed E-state index contributed by atoms with van der Waals surface area (Å²) in [6.45, 7) is 3.05. The molecule has 39 heavy (non-hydrogen) atoms. The third-order valence-corrected chi connectivity index (χ3v) is 9.15. The molecule has 7 heteroatoms. The molecule has 0 radical (unpaired) electrons. The van der Waals surface area contributed by atoms with Crippen LogP contribution in [0.1, 0.15) is 56.6 Å². The second-order valence-corrected chi connectivity index (χ2v) is 11.6. The molecule has 5 heterocycles. The second-order valence-electron chi connectivity index (χ2n) is 11.6. The third kappa shape index (κ3) is 3.36. The van der Waals surface area contributed by atoms with Crippen molar-refractivity contribution in [1.29, 1.82) is 0 Å². The van der Waals surface area contributed by atoms with Gasteiger partial charge in [-0.15, -0.1) is 0 Å². The predicted octanol–water partition coefficient (Wildman–Crippen LogP) is 1.76. The van der Waals surface area contributed by atoms with E-state index >= 15 is 0 Å². The van der Waals surface area contributed by atoms with Gasteiger partial charge >= 0.3 is 5.97 Å². The van der Waals surface area contributed by atoms with E-state index in [4.69, 9.17) is 4.74 Å². The number of anilines is 1. The van der Waals surface area contributed by atoms with E-state index in [0.29, 0.717) is 31.5 Å². The number of carboxylic acids is 1. The zero-order chi connectivity index (χ0) is 26.4. The molecule has 198 valence electrons. The van der Waals surface area contributed by atoms with Crippen molar-refractivity contribution in [3.05, 3.63) is 85.9 Å². The topological polar surface area (TPSA) is 93.2 Å². The fraction of sp³-hybridized carbons (Fsp3) is 0.375. The van der Waals surface area contributed by atoms with Gasteiger partial charge in [-0.2, -0.15) is 0 Å². The number of rotatable bonds is 2. The Hall–Kier alpha value is -3.68. The van der Waals surface area contributed by atoms with E-state index in [1.165, 1.54) is 22.2 Å². The van der Waals surface area contributed by atoms with Crippen LogP contribution in [-0.2, 0) is 25.7 Å². The van der Waals surface area contributed by atoms with Gasteiger partial charge in [-0.3, -0.25) is 0 Å². The molecule has 0 saturated heterocycles. The minimum Gasteiger partial charge on any atom is -0.478 e. The summed E-state index contributed by atoms with van der Waals surface area (Å²) in [4.78, 5) is 14.8. The van der Waals surface area contributed by atoms with Gasteiger partial charge < -0.3 is 25.0 Å². The van der Waals surface area contributed by atoms with E-state index in [2.05, 4.69) is 21.6 Å². The van der Waals surface area contributed by atoms with Crippen LogP contribution in [-0.4, -0.2) is 59.7 Å². The highest BCUT2D eigenvalue weighted by Crippen LogP contribution is 2.48. The van der Waals surface area contributed by atoms with Crippen LogP contribution in [0.4, 0.5) is 5.69 Å². The largest absolute Gasteiger partial charge is 0.478 e. The molecular weight excluding hydrogens is 492 g/mol. The van der Waals surface area contributed by atoms with Crippen LogP contribution in [0, 0.1) is 0 Å². The van der Waals surface area contributed by atoms with Crippen LogP contribution in [0.25, 0.3) is 5.57 Å². The van der Waals surface area contributed by atoms with E-state index in [1.807, 2.05) is 12.1 Å². The lowest BCUT2D eigenvalue weighted by molar-refractivity contribution is 0.0696. The molecule has 0 bridgehead atoms. The number of aliphatic hydroxyl groups is 2. The van der Waals surface area contributed by atoms with E-state index in [9.17, 15) is 20.1 Å². The Bertz CT molecular complexity index is 1730. The maximum Gasteiger partial charge on any atom is 0.336 e. The van der Waals surface area contributed by atoms with Crippen LogP contribution in [0.15, 0.2) is 36.4 Å². The third-order valence-electron chi connectivity index (χ3n) is 9.15. The maximum absolute atomic E-state index is 12.5. The summed E-state index contributed by atoms with van der Waals surface area (Å²) >= 11 is 0. The summed E-state index contributed by atoms with van der Waals surface area (Å²) in [6.07, 6.45) is 3.94. The van der Waals surface area contributed by atoms with E-state index < -0.39 is 18.2 Å². The molecular formula is C32H31N2O5+. The highest BCUT2D eigenvalue weighted by molar-refractivity contribution is 5.99. The van der Waals surface area contributed by atoms with Crippen LogP contribution >= 0.6 is 0 Å².